The number of carbonyl (C=O) groups is 2. The number of ether oxygens (including phenoxy) is 2. The van der Waals surface area contributed by atoms with E-state index in [1.807, 2.05) is 0 Å². The maximum absolute atomic E-state index is 12.1. The average molecular weight is 498 g/mol. The number of aryl methyl sites for hydroxylation is 1. The van der Waals surface area contributed by atoms with Crippen LogP contribution in [0.5, 0.6) is 5.75 Å². The number of hydrogen-bond acceptors (Lipinski definition) is 11. The molecule has 0 aliphatic heterocycles. The monoisotopic (exact) mass is 498 g/mol. The fourth-order valence-electron chi connectivity index (χ4n) is 2.69. The Balaban J connectivity index is 1.60. The second-order valence-corrected chi connectivity index (χ2v) is 8.39. The van der Waals surface area contributed by atoms with E-state index < -0.39 is 23.4 Å². The van der Waals surface area contributed by atoms with Crippen molar-refractivity contribution in [3.05, 3.63) is 58.5 Å². The standard InChI is InChI=1S/C23H26N6O7/c1-13-17(35-22(32)34-13)12-33-16-8-6-5-7-14(16)28-29-15-9-10-18(27-20(15)24)26-19(30)11-25-21(31)36-23(2,3)4/h5-10H,11-12H2,1-4H3,(H,25,31)(H3,24,26,27,30). The number of nitrogens with zero attached hydrogens (tertiary/aromatic N) is 3. The lowest BCUT2D eigenvalue weighted by molar-refractivity contribution is -0.115. The van der Waals surface area contributed by atoms with Crippen molar-refractivity contribution >= 4 is 35.0 Å². The van der Waals surface area contributed by atoms with Crippen molar-refractivity contribution in [2.45, 2.75) is 39.9 Å². The number of para-hydroxylation sites is 1. The number of amides is 2. The lowest BCUT2D eigenvalue weighted by atomic mass is 10.2. The Labute approximate surface area is 205 Å². The molecule has 0 bridgehead atoms. The summed E-state index contributed by atoms with van der Waals surface area (Å²) in [4.78, 5) is 39.0. The molecule has 1 aromatic carbocycles. The van der Waals surface area contributed by atoms with Gasteiger partial charge in [-0.05, 0) is 52.0 Å². The van der Waals surface area contributed by atoms with Gasteiger partial charge in [0.25, 0.3) is 0 Å². The van der Waals surface area contributed by atoms with Crippen LogP contribution in [0.3, 0.4) is 0 Å². The molecule has 13 nitrogen and oxygen atoms in total. The Morgan fingerprint density at radius 2 is 1.81 bits per heavy atom. The summed E-state index contributed by atoms with van der Waals surface area (Å²) in [5, 5.41) is 13.1. The van der Waals surface area contributed by atoms with Crippen molar-refractivity contribution in [1.29, 1.82) is 0 Å². The highest BCUT2D eigenvalue weighted by atomic mass is 16.6. The lowest BCUT2D eigenvalue weighted by Crippen LogP contribution is -2.37. The van der Waals surface area contributed by atoms with Gasteiger partial charge in [0.15, 0.2) is 17.3 Å². The third-order valence-corrected chi connectivity index (χ3v) is 4.29. The lowest BCUT2D eigenvalue weighted by Gasteiger charge is -2.19. The summed E-state index contributed by atoms with van der Waals surface area (Å²) in [6, 6.07) is 9.85. The summed E-state index contributed by atoms with van der Waals surface area (Å²) in [6.45, 7) is 6.39. The molecule has 2 heterocycles. The predicted octanol–water partition coefficient (Wildman–Crippen LogP) is 3.98. The molecule has 13 heteroatoms. The number of anilines is 2. The number of aromatic nitrogens is 1. The van der Waals surface area contributed by atoms with Crippen LogP contribution in [-0.2, 0) is 16.1 Å². The first-order valence-corrected chi connectivity index (χ1v) is 10.8. The van der Waals surface area contributed by atoms with Crippen LogP contribution >= 0.6 is 0 Å². The molecule has 36 heavy (non-hydrogen) atoms. The van der Waals surface area contributed by atoms with E-state index >= 15 is 0 Å². The van der Waals surface area contributed by atoms with Gasteiger partial charge in [0, 0.05) is 0 Å². The number of alkyl carbamates (subject to hydrolysis) is 1. The van der Waals surface area contributed by atoms with Gasteiger partial charge in [0.05, 0.1) is 0 Å². The molecule has 190 valence electrons. The summed E-state index contributed by atoms with van der Waals surface area (Å²) >= 11 is 0. The summed E-state index contributed by atoms with van der Waals surface area (Å²) in [5.41, 5.74) is 5.93. The summed E-state index contributed by atoms with van der Waals surface area (Å²) in [6.07, 6.45) is -0.713. The van der Waals surface area contributed by atoms with Gasteiger partial charge in [-0.15, -0.1) is 10.2 Å². The molecule has 3 rings (SSSR count). The minimum absolute atomic E-state index is 0.0193. The van der Waals surface area contributed by atoms with E-state index in [4.69, 9.17) is 24.0 Å². The van der Waals surface area contributed by atoms with Crippen LogP contribution in [0.1, 0.15) is 32.3 Å². The first-order chi connectivity index (χ1) is 17.0. The number of azo groups is 1. The molecular weight excluding hydrogens is 472 g/mol. The molecule has 2 amide bonds. The molecule has 0 fully saturated rings. The topological polar surface area (TPSA) is 184 Å². The molecular formula is C23H26N6O7. The predicted molar refractivity (Wildman–Crippen MR) is 128 cm³/mol. The van der Waals surface area contributed by atoms with Crippen LogP contribution in [-0.4, -0.2) is 29.1 Å². The largest absolute Gasteiger partial charge is 0.519 e. The van der Waals surface area contributed by atoms with Crippen molar-refractivity contribution in [1.82, 2.24) is 10.3 Å². The normalized spacial score (nSPS) is 11.3. The first-order valence-electron chi connectivity index (χ1n) is 10.8. The van der Waals surface area contributed by atoms with E-state index in [1.165, 1.54) is 12.1 Å². The summed E-state index contributed by atoms with van der Waals surface area (Å²) in [7, 11) is 0. The molecule has 0 saturated carbocycles. The molecule has 2 aromatic heterocycles. The van der Waals surface area contributed by atoms with Crippen LogP contribution in [0.2, 0.25) is 0 Å². The van der Waals surface area contributed by atoms with Gasteiger partial charge in [-0.2, -0.15) is 0 Å². The quantitative estimate of drug-likeness (QED) is 0.386. The van der Waals surface area contributed by atoms with E-state index in [0.717, 1.165) is 0 Å². The number of nitrogens with two attached hydrogens (primary N) is 1. The highest BCUT2D eigenvalue weighted by Gasteiger charge is 2.17. The molecule has 0 spiro atoms. The van der Waals surface area contributed by atoms with E-state index in [1.54, 1.807) is 52.0 Å². The molecule has 0 atom stereocenters. The minimum atomic E-state index is -0.805. The van der Waals surface area contributed by atoms with Crippen LogP contribution in [0.25, 0.3) is 0 Å². The van der Waals surface area contributed by atoms with Gasteiger partial charge in [0.1, 0.15) is 41.7 Å². The molecule has 0 saturated heterocycles. The number of nitrogens with one attached hydrogen (secondary N) is 2. The fourth-order valence-corrected chi connectivity index (χ4v) is 2.69. The second-order valence-electron chi connectivity index (χ2n) is 8.39. The number of pyridine rings is 1. The van der Waals surface area contributed by atoms with E-state index in [-0.39, 0.29) is 36.2 Å². The van der Waals surface area contributed by atoms with Crippen molar-refractivity contribution in [3.8, 4) is 5.75 Å². The number of carbonyl (C=O) groups excluding carboxylic acids is 2. The van der Waals surface area contributed by atoms with E-state index in [0.29, 0.717) is 17.2 Å². The van der Waals surface area contributed by atoms with Gasteiger partial charge < -0.3 is 34.7 Å². The Morgan fingerprint density at radius 3 is 2.47 bits per heavy atom. The zero-order valence-corrected chi connectivity index (χ0v) is 20.2. The number of hydrogen-bond donors (Lipinski definition) is 3. The third-order valence-electron chi connectivity index (χ3n) is 4.29. The Kier molecular flexibility index (Phi) is 8.04. The van der Waals surface area contributed by atoms with Crippen molar-refractivity contribution in [2.24, 2.45) is 10.2 Å². The molecule has 0 unspecified atom stereocenters. The molecule has 0 radical (unpaired) electrons. The molecule has 3 aromatic rings. The highest BCUT2D eigenvalue weighted by Crippen LogP contribution is 2.31. The number of nitrogen functional groups attached to an aromatic ring is 1. The number of benzene rings is 1. The van der Waals surface area contributed by atoms with Crippen LogP contribution in [0, 0.1) is 6.92 Å². The van der Waals surface area contributed by atoms with Crippen molar-refractivity contribution in [3.63, 3.8) is 0 Å². The SMILES string of the molecule is Cc1oc(=O)oc1COc1ccccc1N=Nc1ccc(NC(=O)CNC(=O)OC(C)(C)C)nc1N. The fraction of sp³-hybridized carbons (Fsp3) is 0.304. The van der Waals surface area contributed by atoms with Gasteiger partial charge in [-0.1, -0.05) is 12.1 Å². The highest BCUT2D eigenvalue weighted by molar-refractivity contribution is 5.93. The smallest absolute Gasteiger partial charge is 0.483 e. The Hall–Kier alpha value is -4.68. The van der Waals surface area contributed by atoms with Crippen molar-refractivity contribution in [2.75, 3.05) is 17.6 Å². The molecule has 4 N–H and O–H groups in total. The maximum Gasteiger partial charge on any atom is 0.519 e. The zero-order chi connectivity index (χ0) is 26.3. The van der Waals surface area contributed by atoms with E-state index in [9.17, 15) is 14.4 Å². The second kappa shape index (κ2) is 11.2. The van der Waals surface area contributed by atoms with Crippen LogP contribution in [0.15, 0.2) is 60.3 Å². The summed E-state index contributed by atoms with van der Waals surface area (Å²) in [5.74, 6) is -0.158. The Morgan fingerprint density at radius 1 is 1.08 bits per heavy atom. The summed E-state index contributed by atoms with van der Waals surface area (Å²) < 4.78 is 20.5. The van der Waals surface area contributed by atoms with Crippen LogP contribution in [0.4, 0.5) is 27.8 Å². The first kappa shape index (κ1) is 25.9. The van der Waals surface area contributed by atoms with Gasteiger partial charge in [-0.3, -0.25) is 4.79 Å². The van der Waals surface area contributed by atoms with E-state index in [2.05, 4.69) is 25.8 Å². The van der Waals surface area contributed by atoms with Crippen LogP contribution < -0.4 is 26.9 Å². The molecule has 0 aliphatic carbocycles. The van der Waals surface area contributed by atoms with Gasteiger partial charge in [-0.25, -0.2) is 14.6 Å². The minimum Gasteiger partial charge on any atom is -0.483 e. The van der Waals surface area contributed by atoms with Crippen molar-refractivity contribution < 1.29 is 27.9 Å². The number of rotatable bonds is 8. The molecule has 0 aliphatic rings. The average Bonchev–Trinajstić information content (AvgIpc) is 3.12. The Bertz CT molecular complexity index is 1320. The third kappa shape index (κ3) is 7.68. The van der Waals surface area contributed by atoms with Gasteiger partial charge in [0.2, 0.25) is 5.91 Å². The maximum atomic E-state index is 12.1. The van der Waals surface area contributed by atoms with Gasteiger partial charge >= 0.3 is 11.9 Å². The zero-order valence-electron chi connectivity index (χ0n) is 20.2.